The van der Waals surface area contributed by atoms with E-state index in [-0.39, 0.29) is 5.70 Å². The van der Waals surface area contributed by atoms with Crippen molar-refractivity contribution in [3.8, 4) is 0 Å². The Morgan fingerprint density at radius 2 is 1.32 bits per heavy atom. The minimum atomic E-state index is -1.12. The molecule has 0 radical (unpaired) electrons. The van der Waals surface area contributed by atoms with Crippen LogP contribution in [0.15, 0.2) is 137 Å². The number of alkyl carbamates (subject to hydrolysis) is 1. The molecule has 9 nitrogen and oxygen atoms in total. The molecule has 6 rings (SSSR count). The average molecular weight is 708 g/mol. The zero-order valence-corrected chi connectivity index (χ0v) is 29.4. The molecule has 2 heterocycles. The Labute approximate surface area is 299 Å². The van der Waals surface area contributed by atoms with E-state index in [1.54, 1.807) is 51.1 Å². The van der Waals surface area contributed by atoms with Crippen molar-refractivity contribution >= 4 is 47.4 Å². The molecule has 2 aliphatic rings. The molecule has 11 heteroatoms. The van der Waals surface area contributed by atoms with Gasteiger partial charge in [-0.1, -0.05) is 121 Å². The number of amides is 3. The summed E-state index contributed by atoms with van der Waals surface area (Å²) in [5.74, 6) is -1.26. The van der Waals surface area contributed by atoms with Gasteiger partial charge in [-0.2, -0.15) is 0 Å². The summed E-state index contributed by atoms with van der Waals surface area (Å²) in [6.45, 7) is 5.19. The highest BCUT2D eigenvalue weighted by molar-refractivity contribution is 8.06. The third-order valence-corrected chi connectivity index (χ3v) is 10.4. The van der Waals surface area contributed by atoms with Gasteiger partial charge in [-0.15, -0.1) is 11.8 Å². The van der Waals surface area contributed by atoms with Crippen LogP contribution >= 0.6 is 23.5 Å². The number of β-lactam (4-membered cyclic amide) rings is 1. The quantitative estimate of drug-likeness (QED) is 0.134. The van der Waals surface area contributed by atoms with Crippen LogP contribution in [0.5, 0.6) is 0 Å². The molecule has 1 fully saturated rings. The second kappa shape index (κ2) is 15.3. The van der Waals surface area contributed by atoms with E-state index >= 15 is 0 Å². The standard InChI is InChI=1S/C39H37N3O6S2/c1-39(2,3)48-38(46)41-30(25-16-8-4-9-17-25)34(43)40-31-35(44)42-32(29(24-49-36(31)42)50-28-22-14-7-15-23-28)37(45)47-33(26-18-10-5-11-19-26)27-20-12-6-13-21-27/h4-23,30-31,33,36H,24H2,1-3H3,(H,40,43)(H,41,46)/t30?,31-,36+/m1/s1. The number of hydrogen-bond donors (Lipinski definition) is 2. The van der Waals surface area contributed by atoms with Gasteiger partial charge in [0.25, 0.3) is 5.91 Å². The van der Waals surface area contributed by atoms with Gasteiger partial charge in [-0.3, -0.25) is 14.5 Å². The molecule has 50 heavy (non-hydrogen) atoms. The number of esters is 1. The lowest BCUT2D eigenvalue weighted by Crippen LogP contribution is -2.71. The minimum Gasteiger partial charge on any atom is -0.448 e. The lowest BCUT2D eigenvalue weighted by molar-refractivity contribution is -0.154. The third kappa shape index (κ3) is 8.06. The molecule has 0 aromatic heterocycles. The van der Waals surface area contributed by atoms with Crippen molar-refractivity contribution < 1.29 is 28.7 Å². The van der Waals surface area contributed by atoms with E-state index in [2.05, 4.69) is 10.6 Å². The van der Waals surface area contributed by atoms with Crippen molar-refractivity contribution in [1.82, 2.24) is 15.5 Å². The fourth-order valence-corrected chi connectivity index (χ4v) is 8.13. The van der Waals surface area contributed by atoms with E-state index < -0.39 is 53.0 Å². The van der Waals surface area contributed by atoms with Crippen LogP contribution in [0.25, 0.3) is 0 Å². The highest BCUT2D eigenvalue weighted by atomic mass is 32.2. The molecule has 4 aromatic carbocycles. The molecular formula is C39H37N3O6S2. The van der Waals surface area contributed by atoms with E-state index in [0.717, 1.165) is 16.0 Å². The first kappa shape index (κ1) is 34.8. The van der Waals surface area contributed by atoms with Crippen LogP contribution < -0.4 is 10.6 Å². The van der Waals surface area contributed by atoms with E-state index in [9.17, 15) is 19.2 Å². The van der Waals surface area contributed by atoms with Gasteiger partial charge in [0.2, 0.25) is 5.91 Å². The average Bonchev–Trinajstić information content (AvgIpc) is 3.12. The van der Waals surface area contributed by atoms with E-state index in [4.69, 9.17) is 9.47 Å². The molecule has 3 amide bonds. The Kier molecular flexibility index (Phi) is 10.6. The number of fused-ring (bicyclic) bond motifs is 1. The maximum absolute atomic E-state index is 14.3. The third-order valence-electron chi connectivity index (χ3n) is 7.89. The lowest BCUT2D eigenvalue weighted by atomic mass is 10.0. The van der Waals surface area contributed by atoms with E-state index in [0.29, 0.717) is 16.2 Å². The summed E-state index contributed by atoms with van der Waals surface area (Å²) in [7, 11) is 0. The summed E-state index contributed by atoms with van der Waals surface area (Å²) in [6, 6.07) is 35.2. The Hall–Kier alpha value is -5.00. The molecule has 0 saturated carbocycles. The summed E-state index contributed by atoms with van der Waals surface area (Å²) in [5, 5.41) is 4.93. The van der Waals surface area contributed by atoms with Gasteiger partial charge in [0.15, 0.2) is 6.10 Å². The zero-order valence-electron chi connectivity index (χ0n) is 27.8. The van der Waals surface area contributed by atoms with Crippen LogP contribution in [-0.4, -0.2) is 51.5 Å². The maximum atomic E-state index is 14.3. The van der Waals surface area contributed by atoms with Gasteiger partial charge in [0.05, 0.1) is 0 Å². The van der Waals surface area contributed by atoms with Crippen LogP contribution in [-0.2, 0) is 23.9 Å². The van der Waals surface area contributed by atoms with Gasteiger partial charge in [-0.05, 0) is 49.6 Å². The predicted molar refractivity (Wildman–Crippen MR) is 194 cm³/mol. The van der Waals surface area contributed by atoms with Gasteiger partial charge < -0.3 is 20.1 Å². The first-order valence-electron chi connectivity index (χ1n) is 16.2. The van der Waals surface area contributed by atoms with E-state index in [1.165, 1.54) is 28.4 Å². The Morgan fingerprint density at radius 3 is 1.86 bits per heavy atom. The van der Waals surface area contributed by atoms with Crippen molar-refractivity contribution in [3.63, 3.8) is 0 Å². The number of carbonyl (C=O) groups excluding carboxylic acids is 4. The summed E-state index contributed by atoms with van der Waals surface area (Å²) in [4.78, 5) is 57.8. The molecular weight excluding hydrogens is 671 g/mol. The smallest absolute Gasteiger partial charge is 0.408 e. The number of ether oxygens (including phenoxy) is 2. The summed E-state index contributed by atoms with van der Waals surface area (Å²) >= 11 is 2.85. The number of carbonyl (C=O) groups is 4. The molecule has 1 saturated heterocycles. The number of nitrogens with zero attached hydrogens (tertiary/aromatic N) is 1. The van der Waals surface area contributed by atoms with Gasteiger partial charge >= 0.3 is 12.1 Å². The molecule has 4 aromatic rings. The molecule has 3 atom stereocenters. The second-order valence-electron chi connectivity index (χ2n) is 12.7. The first-order chi connectivity index (χ1) is 24.1. The minimum absolute atomic E-state index is 0.154. The van der Waals surface area contributed by atoms with Crippen LogP contribution in [0.4, 0.5) is 4.79 Å². The fourth-order valence-electron chi connectivity index (χ4n) is 5.64. The van der Waals surface area contributed by atoms with Crippen LogP contribution in [0.2, 0.25) is 0 Å². The molecule has 256 valence electrons. The summed E-state index contributed by atoms with van der Waals surface area (Å²) < 4.78 is 11.7. The number of thioether (sulfide) groups is 2. The van der Waals surface area contributed by atoms with Gasteiger partial charge in [0.1, 0.15) is 28.8 Å². The number of benzene rings is 4. The topological polar surface area (TPSA) is 114 Å². The Balaban J connectivity index is 1.27. The van der Waals surface area contributed by atoms with E-state index in [1.807, 2.05) is 91.0 Å². The normalized spacial score (nSPS) is 17.7. The van der Waals surface area contributed by atoms with Crippen LogP contribution in [0, 0.1) is 0 Å². The van der Waals surface area contributed by atoms with Crippen LogP contribution in [0.1, 0.15) is 49.6 Å². The number of rotatable bonds is 10. The molecule has 1 unspecified atom stereocenters. The fraction of sp³-hybridized carbons (Fsp3) is 0.231. The molecule has 0 bridgehead atoms. The van der Waals surface area contributed by atoms with Gasteiger partial charge in [-0.25, -0.2) is 9.59 Å². The largest absolute Gasteiger partial charge is 0.448 e. The monoisotopic (exact) mass is 707 g/mol. The SMILES string of the molecule is CC(C)(C)OC(=O)NC(C(=O)N[C@@H]1C(=O)N2C(C(=O)OC(c3ccccc3)c3ccccc3)=C(Sc3ccccc3)CS[C@@H]12)c1ccccc1. The van der Waals surface area contributed by atoms with Crippen molar-refractivity contribution in [2.75, 3.05) is 5.75 Å². The summed E-state index contributed by atoms with van der Waals surface area (Å²) in [5.41, 5.74) is 1.47. The first-order valence-corrected chi connectivity index (χ1v) is 18.0. The summed E-state index contributed by atoms with van der Waals surface area (Å²) in [6.07, 6.45) is -1.48. The molecule has 0 aliphatic carbocycles. The van der Waals surface area contributed by atoms with Crippen molar-refractivity contribution in [2.45, 2.75) is 54.8 Å². The molecule has 2 N–H and O–H groups in total. The molecule has 0 spiro atoms. The van der Waals surface area contributed by atoms with Crippen molar-refractivity contribution in [3.05, 3.63) is 149 Å². The zero-order chi connectivity index (χ0) is 35.3. The Morgan fingerprint density at radius 1 is 0.800 bits per heavy atom. The Bertz CT molecular complexity index is 1830. The van der Waals surface area contributed by atoms with Crippen molar-refractivity contribution in [2.24, 2.45) is 0 Å². The maximum Gasteiger partial charge on any atom is 0.408 e. The highest BCUT2D eigenvalue weighted by Crippen LogP contribution is 2.46. The highest BCUT2D eigenvalue weighted by Gasteiger charge is 2.55. The number of hydrogen-bond acceptors (Lipinski definition) is 8. The predicted octanol–water partition coefficient (Wildman–Crippen LogP) is 6.99. The van der Waals surface area contributed by atoms with Crippen molar-refractivity contribution in [1.29, 1.82) is 0 Å². The van der Waals surface area contributed by atoms with Crippen LogP contribution in [0.3, 0.4) is 0 Å². The lowest BCUT2D eigenvalue weighted by Gasteiger charge is -2.49. The number of nitrogens with one attached hydrogen (secondary N) is 2. The second-order valence-corrected chi connectivity index (χ2v) is 15.0. The molecule has 2 aliphatic heterocycles. The van der Waals surface area contributed by atoms with Gasteiger partial charge in [0, 0.05) is 15.6 Å².